The molecule has 0 aromatic heterocycles. The number of esters is 1. The summed E-state index contributed by atoms with van der Waals surface area (Å²) in [6.45, 7) is 5.97. The molecule has 2 rings (SSSR count). The average molecular weight is 360 g/mol. The van der Waals surface area contributed by atoms with Crippen LogP contribution >= 0.6 is 0 Å². The first-order valence-corrected chi connectivity index (χ1v) is 9.24. The van der Waals surface area contributed by atoms with Crippen LogP contribution < -0.4 is 0 Å². The third kappa shape index (κ3) is 4.92. The van der Waals surface area contributed by atoms with Crippen LogP contribution in [-0.2, 0) is 14.3 Å². The summed E-state index contributed by atoms with van der Waals surface area (Å²) in [4.78, 5) is 12.4. The van der Waals surface area contributed by atoms with Crippen molar-refractivity contribution >= 4 is 5.97 Å². The van der Waals surface area contributed by atoms with Crippen molar-refractivity contribution in [2.75, 3.05) is 6.61 Å². The Labute approximate surface area is 148 Å². The van der Waals surface area contributed by atoms with Gasteiger partial charge in [-0.3, -0.25) is 4.79 Å². The van der Waals surface area contributed by atoms with Crippen LogP contribution in [0.1, 0.15) is 46.5 Å². The molecule has 7 heteroatoms. The van der Waals surface area contributed by atoms with E-state index in [9.17, 15) is 25.2 Å². The minimum absolute atomic E-state index is 0.223. The largest absolute Gasteiger partial charge is 0.433 e. The lowest BCUT2D eigenvalue weighted by molar-refractivity contribution is -0.293. The Morgan fingerprint density at radius 1 is 1.16 bits per heavy atom. The zero-order valence-corrected chi connectivity index (χ0v) is 15.2. The Kier molecular flexibility index (Phi) is 7.22. The van der Waals surface area contributed by atoms with Gasteiger partial charge in [-0.05, 0) is 36.5 Å². The number of hydrogen-bond donors (Lipinski definition) is 4. The van der Waals surface area contributed by atoms with E-state index in [2.05, 4.69) is 20.8 Å². The van der Waals surface area contributed by atoms with E-state index in [4.69, 9.17) is 9.47 Å². The molecular weight excluding hydrogens is 328 g/mol. The van der Waals surface area contributed by atoms with Gasteiger partial charge in [0.2, 0.25) is 6.29 Å². The monoisotopic (exact) mass is 360 g/mol. The van der Waals surface area contributed by atoms with Gasteiger partial charge in [-0.15, -0.1) is 0 Å². The third-order valence-corrected chi connectivity index (χ3v) is 5.68. The molecule has 0 spiro atoms. The SMILES string of the molecule is CC1CCC(C(C)C)C(CC(=O)OC2O[C@H](CO)[C@@H](O)[C@H](O)[C@H]2O)C1. The lowest BCUT2D eigenvalue weighted by atomic mass is 9.69. The summed E-state index contributed by atoms with van der Waals surface area (Å²) in [5.74, 6) is 1.24. The minimum atomic E-state index is -1.55. The fraction of sp³-hybridized carbons (Fsp3) is 0.944. The van der Waals surface area contributed by atoms with E-state index in [1.807, 2.05) is 0 Å². The standard InChI is InChI=1S/C18H32O7/c1-9(2)12-5-4-10(3)6-11(12)7-14(20)25-18-17(23)16(22)15(21)13(8-19)24-18/h9-13,15-19,21-23H,4-8H2,1-3H3/t10?,11?,12?,13-,15-,16+,17-,18?/m1/s1. The molecule has 0 amide bonds. The molecule has 1 heterocycles. The fourth-order valence-corrected chi connectivity index (χ4v) is 4.19. The van der Waals surface area contributed by atoms with E-state index in [1.165, 1.54) is 6.42 Å². The smallest absolute Gasteiger partial charge is 0.308 e. The molecule has 1 aliphatic heterocycles. The van der Waals surface area contributed by atoms with Crippen molar-refractivity contribution in [2.45, 2.75) is 77.2 Å². The Morgan fingerprint density at radius 2 is 1.84 bits per heavy atom. The maximum Gasteiger partial charge on any atom is 0.308 e. The van der Waals surface area contributed by atoms with Crippen molar-refractivity contribution in [1.82, 2.24) is 0 Å². The predicted octanol–water partition coefficient (Wildman–Crippen LogP) is 0.428. The van der Waals surface area contributed by atoms with Crippen molar-refractivity contribution in [2.24, 2.45) is 23.7 Å². The second-order valence-corrected chi connectivity index (χ2v) is 7.98. The van der Waals surface area contributed by atoms with Gasteiger partial charge in [0.25, 0.3) is 0 Å². The first-order chi connectivity index (χ1) is 11.7. The van der Waals surface area contributed by atoms with Crippen molar-refractivity contribution in [3.8, 4) is 0 Å². The highest BCUT2D eigenvalue weighted by Gasteiger charge is 2.45. The topological polar surface area (TPSA) is 116 Å². The van der Waals surface area contributed by atoms with Gasteiger partial charge in [-0.1, -0.05) is 27.2 Å². The minimum Gasteiger partial charge on any atom is -0.433 e. The van der Waals surface area contributed by atoms with Gasteiger partial charge in [0.15, 0.2) is 0 Å². The van der Waals surface area contributed by atoms with Crippen LogP contribution in [0.25, 0.3) is 0 Å². The van der Waals surface area contributed by atoms with Crippen LogP contribution in [0.4, 0.5) is 0 Å². The molecule has 4 N–H and O–H groups in total. The lowest BCUT2D eigenvalue weighted by Crippen LogP contribution is -2.59. The molecule has 8 atom stereocenters. The first kappa shape index (κ1) is 20.6. The van der Waals surface area contributed by atoms with E-state index < -0.39 is 43.3 Å². The van der Waals surface area contributed by atoms with Crippen LogP contribution in [0.15, 0.2) is 0 Å². The third-order valence-electron chi connectivity index (χ3n) is 5.68. The molecule has 0 bridgehead atoms. The Balaban J connectivity index is 1.96. The number of rotatable bonds is 5. The summed E-state index contributed by atoms with van der Waals surface area (Å²) in [6.07, 6.45) is -3.54. The van der Waals surface area contributed by atoms with E-state index in [0.29, 0.717) is 17.8 Å². The molecule has 2 aliphatic rings. The second kappa shape index (κ2) is 8.77. The lowest BCUT2D eigenvalue weighted by Gasteiger charge is -2.40. The molecule has 0 aromatic carbocycles. The number of carbonyl (C=O) groups is 1. The van der Waals surface area contributed by atoms with Crippen LogP contribution in [0.3, 0.4) is 0 Å². The zero-order chi connectivity index (χ0) is 18.7. The molecular formula is C18H32O7. The number of carbonyl (C=O) groups excluding carboxylic acids is 1. The van der Waals surface area contributed by atoms with Gasteiger partial charge in [-0.2, -0.15) is 0 Å². The molecule has 0 aromatic rings. The maximum absolute atomic E-state index is 12.4. The first-order valence-electron chi connectivity index (χ1n) is 9.24. The van der Waals surface area contributed by atoms with Gasteiger partial charge in [0.1, 0.15) is 24.4 Å². The molecule has 0 radical (unpaired) electrons. The second-order valence-electron chi connectivity index (χ2n) is 7.98. The zero-order valence-electron chi connectivity index (χ0n) is 15.2. The number of ether oxygens (including phenoxy) is 2. The van der Waals surface area contributed by atoms with E-state index in [-0.39, 0.29) is 12.3 Å². The van der Waals surface area contributed by atoms with E-state index in [1.54, 1.807) is 0 Å². The van der Waals surface area contributed by atoms with E-state index in [0.717, 1.165) is 12.8 Å². The Bertz CT molecular complexity index is 439. The Hall–Kier alpha value is -0.730. The molecule has 25 heavy (non-hydrogen) atoms. The maximum atomic E-state index is 12.4. The summed E-state index contributed by atoms with van der Waals surface area (Å²) in [7, 11) is 0. The number of aliphatic hydroxyl groups is 4. The molecule has 1 saturated heterocycles. The average Bonchev–Trinajstić information content (AvgIpc) is 2.55. The molecule has 4 unspecified atom stereocenters. The van der Waals surface area contributed by atoms with Crippen molar-refractivity contribution < 1.29 is 34.7 Å². The number of aliphatic hydroxyl groups excluding tert-OH is 4. The molecule has 146 valence electrons. The van der Waals surface area contributed by atoms with Crippen molar-refractivity contribution in [1.29, 1.82) is 0 Å². The summed E-state index contributed by atoms with van der Waals surface area (Å²) in [5.41, 5.74) is 0. The predicted molar refractivity (Wildman–Crippen MR) is 89.3 cm³/mol. The van der Waals surface area contributed by atoms with Gasteiger partial charge in [-0.25, -0.2) is 0 Å². The van der Waals surface area contributed by atoms with Gasteiger partial charge >= 0.3 is 5.97 Å². The number of hydrogen-bond acceptors (Lipinski definition) is 7. The van der Waals surface area contributed by atoms with E-state index >= 15 is 0 Å². The van der Waals surface area contributed by atoms with Gasteiger partial charge < -0.3 is 29.9 Å². The van der Waals surface area contributed by atoms with Crippen LogP contribution in [-0.4, -0.2) is 63.7 Å². The Morgan fingerprint density at radius 3 is 2.44 bits per heavy atom. The molecule has 1 aliphatic carbocycles. The highest BCUT2D eigenvalue weighted by atomic mass is 16.7. The van der Waals surface area contributed by atoms with Crippen LogP contribution in [0.5, 0.6) is 0 Å². The summed E-state index contributed by atoms with van der Waals surface area (Å²) in [6, 6.07) is 0. The summed E-state index contributed by atoms with van der Waals surface area (Å²) < 4.78 is 10.5. The van der Waals surface area contributed by atoms with Crippen LogP contribution in [0.2, 0.25) is 0 Å². The fourth-order valence-electron chi connectivity index (χ4n) is 4.19. The molecule has 1 saturated carbocycles. The molecule has 2 fully saturated rings. The van der Waals surface area contributed by atoms with Gasteiger partial charge in [0, 0.05) is 6.42 Å². The highest BCUT2D eigenvalue weighted by Crippen LogP contribution is 2.40. The van der Waals surface area contributed by atoms with Crippen molar-refractivity contribution in [3.63, 3.8) is 0 Å². The quantitative estimate of drug-likeness (QED) is 0.525. The normalized spacial score (nSPS) is 42.4. The highest BCUT2D eigenvalue weighted by molar-refractivity contribution is 5.70. The summed E-state index contributed by atoms with van der Waals surface area (Å²) >= 11 is 0. The summed E-state index contributed by atoms with van der Waals surface area (Å²) in [5, 5.41) is 38.7. The van der Waals surface area contributed by atoms with Crippen molar-refractivity contribution in [3.05, 3.63) is 0 Å². The van der Waals surface area contributed by atoms with Crippen LogP contribution in [0, 0.1) is 23.7 Å². The molecule has 7 nitrogen and oxygen atoms in total. The van der Waals surface area contributed by atoms with Gasteiger partial charge in [0.05, 0.1) is 6.61 Å².